The zero-order chi connectivity index (χ0) is 15.0. The first kappa shape index (κ1) is 16.8. The Morgan fingerprint density at radius 2 is 1.90 bits per heavy atom. The number of carbonyl (C=O) groups is 2. The molecule has 0 radical (unpaired) electrons. The zero-order valence-corrected chi connectivity index (χ0v) is 12.7. The smallest absolute Gasteiger partial charge is 0.314 e. The molecule has 0 spiro atoms. The van der Waals surface area contributed by atoms with Crippen molar-refractivity contribution in [1.29, 1.82) is 0 Å². The molecule has 2 amide bonds. The number of urea groups is 1. The van der Waals surface area contributed by atoms with E-state index >= 15 is 0 Å². The highest BCUT2D eigenvalue weighted by Gasteiger charge is 2.18. The summed E-state index contributed by atoms with van der Waals surface area (Å²) in [4.78, 5) is 22.1. The molecule has 20 heavy (non-hydrogen) atoms. The zero-order valence-electron chi connectivity index (χ0n) is 12.7. The van der Waals surface area contributed by atoms with E-state index in [2.05, 4.69) is 17.6 Å². The minimum atomic E-state index is -0.828. The second-order valence-corrected chi connectivity index (χ2v) is 6.15. The van der Waals surface area contributed by atoms with E-state index in [1.807, 2.05) is 6.92 Å². The second kappa shape index (κ2) is 8.82. The van der Waals surface area contributed by atoms with Crippen LogP contribution >= 0.6 is 0 Å². The first-order valence-corrected chi connectivity index (χ1v) is 7.73. The molecule has 116 valence electrons. The predicted octanol–water partition coefficient (Wildman–Crippen LogP) is 2.76. The second-order valence-electron chi connectivity index (χ2n) is 6.15. The molecule has 0 saturated heterocycles. The maximum Gasteiger partial charge on any atom is 0.314 e. The summed E-state index contributed by atoms with van der Waals surface area (Å²) in [5.74, 6) is 0.777. The first-order chi connectivity index (χ1) is 9.47. The summed E-state index contributed by atoms with van der Waals surface area (Å²) in [6.45, 7) is 4.84. The number of hydrogen-bond acceptors (Lipinski definition) is 2. The van der Waals surface area contributed by atoms with Gasteiger partial charge in [0.25, 0.3) is 0 Å². The molecular weight excluding hydrogens is 256 g/mol. The number of amides is 2. The van der Waals surface area contributed by atoms with E-state index in [0.717, 1.165) is 18.3 Å². The summed E-state index contributed by atoms with van der Waals surface area (Å²) in [5, 5.41) is 14.2. The standard InChI is InChI=1S/C15H28N2O3/c1-11-3-6-13(7-4-11)9-10-16-15(20)17-12(2)5-8-14(18)19/h11-13H,3-10H2,1-2H3,(H,18,19)(H2,16,17,20). The molecule has 0 aromatic carbocycles. The molecule has 3 N–H and O–H groups in total. The molecule has 0 aromatic heterocycles. The molecule has 0 aliphatic heterocycles. The van der Waals surface area contributed by atoms with Gasteiger partial charge in [0.1, 0.15) is 0 Å². The largest absolute Gasteiger partial charge is 0.481 e. The fourth-order valence-corrected chi connectivity index (χ4v) is 2.69. The molecule has 0 heterocycles. The lowest BCUT2D eigenvalue weighted by atomic mass is 9.81. The Kier molecular flexibility index (Phi) is 7.41. The molecule has 1 atom stereocenters. The monoisotopic (exact) mass is 284 g/mol. The van der Waals surface area contributed by atoms with Crippen LogP contribution in [0.4, 0.5) is 4.79 Å². The first-order valence-electron chi connectivity index (χ1n) is 7.73. The fraction of sp³-hybridized carbons (Fsp3) is 0.867. The summed E-state index contributed by atoms with van der Waals surface area (Å²) in [6.07, 6.45) is 6.76. The Balaban J connectivity index is 2.06. The minimum Gasteiger partial charge on any atom is -0.481 e. The fourth-order valence-electron chi connectivity index (χ4n) is 2.69. The predicted molar refractivity (Wildman–Crippen MR) is 78.6 cm³/mol. The van der Waals surface area contributed by atoms with E-state index in [1.54, 1.807) is 0 Å². The van der Waals surface area contributed by atoms with Crippen LogP contribution in [0.3, 0.4) is 0 Å². The van der Waals surface area contributed by atoms with Crippen LogP contribution in [-0.4, -0.2) is 29.7 Å². The quantitative estimate of drug-likeness (QED) is 0.672. The number of hydrogen-bond donors (Lipinski definition) is 3. The summed E-state index contributed by atoms with van der Waals surface area (Å²) in [5.41, 5.74) is 0. The third kappa shape index (κ3) is 7.36. The van der Waals surface area contributed by atoms with E-state index in [4.69, 9.17) is 5.11 Å². The van der Waals surface area contributed by atoms with Crippen molar-refractivity contribution in [2.45, 2.75) is 64.8 Å². The number of nitrogens with one attached hydrogen (secondary N) is 2. The van der Waals surface area contributed by atoms with E-state index in [0.29, 0.717) is 13.0 Å². The number of carboxylic acids is 1. The van der Waals surface area contributed by atoms with E-state index in [9.17, 15) is 9.59 Å². The van der Waals surface area contributed by atoms with Crippen molar-refractivity contribution < 1.29 is 14.7 Å². The summed E-state index contributed by atoms with van der Waals surface area (Å²) < 4.78 is 0. The van der Waals surface area contributed by atoms with Crippen LogP contribution in [0.1, 0.15) is 58.8 Å². The molecule has 1 aliphatic rings. The van der Waals surface area contributed by atoms with Gasteiger partial charge < -0.3 is 15.7 Å². The van der Waals surface area contributed by atoms with Crippen LogP contribution in [0.2, 0.25) is 0 Å². The molecule has 1 saturated carbocycles. The van der Waals surface area contributed by atoms with Gasteiger partial charge in [-0.2, -0.15) is 0 Å². The van der Waals surface area contributed by atoms with Crippen molar-refractivity contribution in [2.75, 3.05) is 6.54 Å². The highest BCUT2D eigenvalue weighted by atomic mass is 16.4. The topological polar surface area (TPSA) is 78.4 Å². The van der Waals surface area contributed by atoms with Gasteiger partial charge in [-0.25, -0.2) is 4.79 Å². The van der Waals surface area contributed by atoms with Crippen LogP contribution in [0.15, 0.2) is 0 Å². The molecule has 1 aliphatic carbocycles. The maximum absolute atomic E-state index is 11.6. The van der Waals surface area contributed by atoms with Gasteiger partial charge in [0.15, 0.2) is 0 Å². The average molecular weight is 284 g/mol. The molecule has 5 heteroatoms. The number of carbonyl (C=O) groups excluding carboxylic acids is 1. The van der Waals surface area contributed by atoms with Gasteiger partial charge in [0, 0.05) is 19.0 Å². The van der Waals surface area contributed by atoms with Crippen molar-refractivity contribution in [3.63, 3.8) is 0 Å². The maximum atomic E-state index is 11.6. The summed E-state index contributed by atoms with van der Waals surface area (Å²) >= 11 is 0. The SMILES string of the molecule is CC1CCC(CCNC(=O)NC(C)CCC(=O)O)CC1. The summed E-state index contributed by atoms with van der Waals surface area (Å²) in [6, 6.07) is -0.298. The lowest BCUT2D eigenvalue weighted by Crippen LogP contribution is -2.41. The van der Waals surface area contributed by atoms with Crippen LogP contribution in [-0.2, 0) is 4.79 Å². The van der Waals surface area contributed by atoms with Crippen LogP contribution < -0.4 is 10.6 Å². The third-order valence-corrected chi connectivity index (χ3v) is 4.14. The van der Waals surface area contributed by atoms with Crippen LogP contribution in [0, 0.1) is 11.8 Å². The van der Waals surface area contributed by atoms with Gasteiger partial charge in [-0.1, -0.05) is 32.6 Å². The molecular formula is C15H28N2O3. The molecule has 1 fully saturated rings. The van der Waals surface area contributed by atoms with E-state index < -0.39 is 5.97 Å². The van der Waals surface area contributed by atoms with Crippen molar-refractivity contribution in [3.8, 4) is 0 Å². The van der Waals surface area contributed by atoms with Crippen LogP contribution in [0.5, 0.6) is 0 Å². The molecule has 0 bridgehead atoms. The Hall–Kier alpha value is -1.26. The third-order valence-electron chi connectivity index (χ3n) is 4.14. The van der Waals surface area contributed by atoms with Crippen LogP contribution in [0.25, 0.3) is 0 Å². The van der Waals surface area contributed by atoms with Crippen molar-refractivity contribution >= 4 is 12.0 Å². The Morgan fingerprint density at radius 1 is 1.25 bits per heavy atom. The average Bonchev–Trinajstić information content (AvgIpc) is 2.38. The Bertz CT molecular complexity index is 312. The number of carboxylic acid groups (broad SMARTS) is 1. The number of aliphatic carboxylic acids is 1. The molecule has 1 unspecified atom stereocenters. The highest BCUT2D eigenvalue weighted by molar-refractivity contribution is 5.74. The summed E-state index contributed by atoms with van der Waals surface area (Å²) in [7, 11) is 0. The Labute approximate surface area is 121 Å². The molecule has 0 aromatic rings. The minimum absolute atomic E-state index is 0.0850. The van der Waals surface area contributed by atoms with E-state index in [1.165, 1.54) is 25.7 Å². The van der Waals surface area contributed by atoms with Gasteiger partial charge in [-0.15, -0.1) is 0 Å². The van der Waals surface area contributed by atoms with Gasteiger partial charge >= 0.3 is 12.0 Å². The molecule has 1 rings (SSSR count). The lowest BCUT2D eigenvalue weighted by molar-refractivity contribution is -0.137. The van der Waals surface area contributed by atoms with Crippen molar-refractivity contribution in [2.24, 2.45) is 11.8 Å². The normalized spacial score (nSPS) is 23.9. The number of rotatable bonds is 7. The van der Waals surface area contributed by atoms with Crippen molar-refractivity contribution in [3.05, 3.63) is 0 Å². The Morgan fingerprint density at radius 3 is 2.50 bits per heavy atom. The van der Waals surface area contributed by atoms with Gasteiger partial charge in [0.05, 0.1) is 0 Å². The lowest BCUT2D eigenvalue weighted by Gasteiger charge is -2.26. The van der Waals surface area contributed by atoms with Gasteiger partial charge in [0.2, 0.25) is 0 Å². The van der Waals surface area contributed by atoms with Crippen molar-refractivity contribution in [1.82, 2.24) is 10.6 Å². The highest BCUT2D eigenvalue weighted by Crippen LogP contribution is 2.29. The molecule has 5 nitrogen and oxygen atoms in total. The van der Waals surface area contributed by atoms with Gasteiger partial charge in [-0.05, 0) is 31.6 Å². The van der Waals surface area contributed by atoms with Gasteiger partial charge in [-0.3, -0.25) is 4.79 Å². The van der Waals surface area contributed by atoms with E-state index in [-0.39, 0.29) is 18.5 Å².